The van der Waals surface area contributed by atoms with Gasteiger partial charge in [0.2, 0.25) is 0 Å². The number of hydrazine groups is 1. The molecule has 2 aromatic rings. The number of aromatic nitrogens is 5. The van der Waals surface area contributed by atoms with Crippen LogP contribution in [0.25, 0.3) is 0 Å². The van der Waals surface area contributed by atoms with Crippen molar-refractivity contribution in [2.75, 3.05) is 0 Å². The first-order valence-corrected chi connectivity index (χ1v) is 6.42. The quantitative estimate of drug-likeness (QED) is 0.602. The highest BCUT2D eigenvalue weighted by atomic mass is 15.4. The number of nitrogens with one attached hydrogen (secondary N) is 1. The predicted octanol–water partition coefficient (Wildman–Crippen LogP) is 0.395. The molecule has 0 aliphatic heterocycles. The molecular formula is C12H21N7. The lowest BCUT2D eigenvalue weighted by Crippen LogP contribution is -2.31. The topological polar surface area (TPSA) is 86.6 Å². The molecule has 0 aliphatic rings. The summed E-state index contributed by atoms with van der Waals surface area (Å²) in [5, 5.41) is 12.4. The Morgan fingerprint density at radius 2 is 2.16 bits per heavy atom. The van der Waals surface area contributed by atoms with Gasteiger partial charge in [-0.25, -0.2) is 4.68 Å². The molecule has 3 N–H and O–H groups in total. The molecule has 0 fully saturated rings. The Balaban J connectivity index is 2.29. The van der Waals surface area contributed by atoms with Crippen LogP contribution in [0, 0.1) is 13.8 Å². The molecule has 7 nitrogen and oxygen atoms in total. The normalized spacial score (nSPS) is 12.9. The Morgan fingerprint density at radius 3 is 2.68 bits per heavy atom. The van der Waals surface area contributed by atoms with Crippen LogP contribution in [0.5, 0.6) is 0 Å². The van der Waals surface area contributed by atoms with E-state index in [1.807, 2.05) is 30.3 Å². The van der Waals surface area contributed by atoms with Crippen molar-refractivity contribution < 1.29 is 0 Å². The summed E-state index contributed by atoms with van der Waals surface area (Å²) in [5.41, 5.74) is 7.26. The van der Waals surface area contributed by atoms with Gasteiger partial charge in [-0.1, -0.05) is 5.21 Å². The van der Waals surface area contributed by atoms with Gasteiger partial charge < -0.3 is 0 Å². The van der Waals surface area contributed by atoms with Crippen molar-refractivity contribution in [1.82, 2.24) is 30.2 Å². The fourth-order valence-electron chi connectivity index (χ4n) is 2.35. The molecule has 2 rings (SSSR count). The zero-order valence-corrected chi connectivity index (χ0v) is 11.9. The lowest BCUT2D eigenvalue weighted by atomic mass is 10.0. The fraction of sp³-hybridized carbons (Fsp3) is 0.583. The average Bonchev–Trinajstić information content (AvgIpc) is 2.95. The Morgan fingerprint density at radius 1 is 1.42 bits per heavy atom. The van der Waals surface area contributed by atoms with E-state index >= 15 is 0 Å². The second kappa shape index (κ2) is 5.50. The van der Waals surface area contributed by atoms with Crippen LogP contribution >= 0.6 is 0 Å². The number of hydrogen-bond donors (Lipinski definition) is 2. The van der Waals surface area contributed by atoms with E-state index in [0.29, 0.717) is 0 Å². The molecule has 0 bridgehead atoms. The second-order valence-corrected chi connectivity index (χ2v) is 4.67. The average molecular weight is 263 g/mol. The molecule has 19 heavy (non-hydrogen) atoms. The van der Waals surface area contributed by atoms with Crippen molar-refractivity contribution in [3.63, 3.8) is 0 Å². The molecular weight excluding hydrogens is 242 g/mol. The summed E-state index contributed by atoms with van der Waals surface area (Å²) in [6.07, 6.45) is 2.53. The van der Waals surface area contributed by atoms with E-state index in [9.17, 15) is 0 Å². The highest BCUT2D eigenvalue weighted by Gasteiger charge is 2.19. The Hall–Kier alpha value is -1.73. The molecule has 0 saturated heterocycles. The molecule has 104 valence electrons. The van der Waals surface area contributed by atoms with Crippen LogP contribution in [0.1, 0.15) is 35.6 Å². The zero-order chi connectivity index (χ0) is 14.0. The van der Waals surface area contributed by atoms with Crippen LogP contribution in [0.2, 0.25) is 0 Å². The standard InChI is InChI=1S/C12H21N7/c1-5-19-12(7-14-17-19)11(15-13)6-10-8(2)16-18(4)9(10)3/h7,11,15H,5-6,13H2,1-4H3. The maximum Gasteiger partial charge on any atom is 0.0773 e. The summed E-state index contributed by atoms with van der Waals surface area (Å²) in [7, 11) is 1.95. The lowest BCUT2D eigenvalue weighted by Gasteiger charge is -2.16. The maximum atomic E-state index is 5.70. The summed E-state index contributed by atoms with van der Waals surface area (Å²) in [6, 6.07) is -0.0171. The summed E-state index contributed by atoms with van der Waals surface area (Å²) >= 11 is 0. The molecule has 0 amide bonds. The van der Waals surface area contributed by atoms with Crippen LogP contribution < -0.4 is 11.3 Å². The molecule has 0 radical (unpaired) electrons. The molecule has 2 heterocycles. The summed E-state index contributed by atoms with van der Waals surface area (Å²) in [4.78, 5) is 0. The fourth-order valence-corrected chi connectivity index (χ4v) is 2.35. The monoisotopic (exact) mass is 263 g/mol. The van der Waals surface area contributed by atoms with Crippen LogP contribution in [0.3, 0.4) is 0 Å². The maximum absolute atomic E-state index is 5.70. The van der Waals surface area contributed by atoms with Gasteiger partial charge in [0.1, 0.15) is 0 Å². The predicted molar refractivity (Wildman–Crippen MR) is 72.1 cm³/mol. The molecule has 2 aromatic heterocycles. The number of hydrogen-bond acceptors (Lipinski definition) is 5. The van der Waals surface area contributed by atoms with Crippen molar-refractivity contribution in [2.45, 2.75) is 39.8 Å². The molecule has 1 atom stereocenters. The zero-order valence-electron chi connectivity index (χ0n) is 11.9. The van der Waals surface area contributed by atoms with Gasteiger partial charge in [-0.3, -0.25) is 16.0 Å². The van der Waals surface area contributed by atoms with Gasteiger partial charge in [-0.05, 0) is 32.8 Å². The lowest BCUT2D eigenvalue weighted by molar-refractivity contribution is 0.486. The van der Waals surface area contributed by atoms with Gasteiger partial charge in [0.15, 0.2) is 0 Å². The van der Waals surface area contributed by atoms with Gasteiger partial charge in [0, 0.05) is 19.3 Å². The minimum Gasteiger partial charge on any atom is -0.272 e. The highest BCUT2D eigenvalue weighted by molar-refractivity contribution is 5.26. The van der Waals surface area contributed by atoms with Crippen LogP contribution in [0.15, 0.2) is 6.20 Å². The molecule has 0 saturated carbocycles. The Labute approximate surface area is 112 Å². The molecule has 0 aliphatic carbocycles. The number of nitrogens with two attached hydrogens (primary N) is 1. The molecule has 0 spiro atoms. The van der Waals surface area contributed by atoms with Crippen LogP contribution in [0.4, 0.5) is 0 Å². The van der Waals surface area contributed by atoms with E-state index in [1.54, 1.807) is 6.20 Å². The van der Waals surface area contributed by atoms with E-state index in [0.717, 1.165) is 30.0 Å². The smallest absolute Gasteiger partial charge is 0.0773 e. The number of nitrogens with zero attached hydrogens (tertiary/aromatic N) is 5. The summed E-state index contributed by atoms with van der Waals surface area (Å²) in [6.45, 7) is 6.90. The molecule has 0 aromatic carbocycles. The van der Waals surface area contributed by atoms with Crippen molar-refractivity contribution in [3.8, 4) is 0 Å². The second-order valence-electron chi connectivity index (χ2n) is 4.67. The Kier molecular flexibility index (Phi) is 3.96. The highest BCUT2D eigenvalue weighted by Crippen LogP contribution is 2.21. The first-order valence-electron chi connectivity index (χ1n) is 6.42. The third kappa shape index (κ3) is 2.52. The van der Waals surface area contributed by atoms with Crippen molar-refractivity contribution in [1.29, 1.82) is 0 Å². The summed E-state index contributed by atoms with van der Waals surface area (Å²) < 4.78 is 3.75. The minimum atomic E-state index is -0.0171. The first-order chi connectivity index (χ1) is 9.08. The first kappa shape index (κ1) is 13.7. The summed E-state index contributed by atoms with van der Waals surface area (Å²) in [5.74, 6) is 5.70. The SMILES string of the molecule is CCn1nncc1C(Cc1c(C)nn(C)c1C)NN. The third-order valence-corrected chi connectivity index (χ3v) is 3.57. The van der Waals surface area contributed by atoms with Gasteiger partial charge in [-0.15, -0.1) is 5.10 Å². The van der Waals surface area contributed by atoms with E-state index < -0.39 is 0 Å². The van der Waals surface area contributed by atoms with Crippen LogP contribution in [-0.2, 0) is 20.0 Å². The van der Waals surface area contributed by atoms with Crippen LogP contribution in [-0.4, -0.2) is 24.8 Å². The molecule has 7 heteroatoms. The van der Waals surface area contributed by atoms with E-state index in [2.05, 4.69) is 27.8 Å². The Bertz CT molecular complexity index is 554. The minimum absolute atomic E-state index is 0.0171. The van der Waals surface area contributed by atoms with Gasteiger partial charge in [0.05, 0.1) is 23.6 Å². The number of aryl methyl sites for hydroxylation is 3. The van der Waals surface area contributed by atoms with Gasteiger partial charge >= 0.3 is 0 Å². The van der Waals surface area contributed by atoms with Crippen molar-refractivity contribution >= 4 is 0 Å². The van der Waals surface area contributed by atoms with E-state index in [1.165, 1.54) is 5.56 Å². The van der Waals surface area contributed by atoms with Gasteiger partial charge in [0.25, 0.3) is 0 Å². The number of rotatable bonds is 5. The van der Waals surface area contributed by atoms with E-state index in [-0.39, 0.29) is 6.04 Å². The van der Waals surface area contributed by atoms with Crippen molar-refractivity contribution in [2.24, 2.45) is 12.9 Å². The third-order valence-electron chi connectivity index (χ3n) is 3.57. The van der Waals surface area contributed by atoms with Gasteiger partial charge in [-0.2, -0.15) is 5.10 Å². The molecule has 1 unspecified atom stereocenters. The largest absolute Gasteiger partial charge is 0.272 e. The van der Waals surface area contributed by atoms with Crippen molar-refractivity contribution in [3.05, 3.63) is 28.8 Å². The van der Waals surface area contributed by atoms with E-state index in [4.69, 9.17) is 5.84 Å².